The lowest BCUT2D eigenvalue weighted by atomic mass is 10.2. The Balaban J connectivity index is 2.13. The molecule has 0 amide bonds. The van der Waals surface area contributed by atoms with Crippen LogP contribution in [0.15, 0.2) is 6.20 Å². The minimum Gasteiger partial charge on any atom is -0.373 e. The van der Waals surface area contributed by atoms with Gasteiger partial charge >= 0.3 is 0 Å². The van der Waals surface area contributed by atoms with Crippen LogP contribution in [0.5, 0.6) is 0 Å². The molecule has 88 valence electrons. The highest BCUT2D eigenvalue weighted by atomic mass is 16.5. The SMILES string of the molecule is Cc1ncc(N2CCOC(CN)C2)nc1C. The Kier molecular flexibility index (Phi) is 3.36. The van der Waals surface area contributed by atoms with Crippen molar-refractivity contribution in [3.63, 3.8) is 0 Å². The largest absolute Gasteiger partial charge is 0.373 e. The number of hydrogen-bond acceptors (Lipinski definition) is 5. The standard InChI is InChI=1S/C11H18N4O/c1-8-9(2)14-11(6-13-8)15-3-4-16-10(5-12)7-15/h6,10H,3-5,7,12H2,1-2H3. The first-order valence-electron chi connectivity index (χ1n) is 5.57. The molecule has 1 aliphatic rings. The van der Waals surface area contributed by atoms with Gasteiger partial charge in [-0.3, -0.25) is 4.98 Å². The molecule has 1 fully saturated rings. The van der Waals surface area contributed by atoms with Crippen LogP contribution in [0.1, 0.15) is 11.4 Å². The van der Waals surface area contributed by atoms with E-state index in [-0.39, 0.29) is 6.10 Å². The van der Waals surface area contributed by atoms with Gasteiger partial charge in [-0.2, -0.15) is 0 Å². The average molecular weight is 222 g/mol. The molecule has 1 unspecified atom stereocenters. The molecule has 1 aromatic heterocycles. The monoisotopic (exact) mass is 222 g/mol. The van der Waals surface area contributed by atoms with Gasteiger partial charge in [0.15, 0.2) is 0 Å². The summed E-state index contributed by atoms with van der Waals surface area (Å²) >= 11 is 0. The molecule has 1 saturated heterocycles. The summed E-state index contributed by atoms with van der Waals surface area (Å²) in [7, 11) is 0. The second kappa shape index (κ2) is 4.76. The summed E-state index contributed by atoms with van der Waals surface area (Å²) < 4.78 is 5.52. The van der Waals surface area contributed by atoms with Gasteiger partial charge in [-0.15, -0.1) is 0 Å². The van der Waals surface area contributed by atoms with Gasteiger partial charge in [-0.25, -0.2) is 4.98 Å². The van der Waals surface area contributed by atoms with Gasteiger partial charge < -0.3 is 15.4 Å². The van der Waals surface area contributed by atoms with Crippen molar-refractivity contribution in [1.82, 2.24) is 9.97 Å². The zero-order chi connectivity index (χ0) is 11.5. The molecule has 2 rings (SSSR count). The molecule has 5 nitrogen and oxygen atoms in total. The van der Waals surface area contributed by atoms with E-state index in [9.17, 15) is 0 Å². The minimum atomic E-state index is 0.108. The quantitative estimate of drug-likeness (QED) is 0.777. The molecule has 1 aliphatic heterocycles. The van der Waals surface area contributed by atoms with Crippen molar-refractivity contribution in [2.24, 2.45) is 5.73 Å². The molecule has 2 heterocycles. The van der Waals surface area contributed by atoms with Gasteiger partial charge in [0, 0.05) is 19.6 Å². The summed E-state index contributed by atoms with van der Waals surface area (Å²) in [6.07, 6.45) is 1.93. The lowest BCUT2D eigenvalue weighted by molar-refractivity contribution is 0.0462. The van der Waals surface area contributed by atoms with Crippen molar-refractivity contribution in [3.8, 4) is 0 Å². The fourth-order valence-electron chi connectivity index (χ4n) is 1.75. The van der Waals surface area contributed by atoms with Gasteiger partial charge in [0.25, 0.3) is 0 Å². The summed E-state index contributed by atoms with van der Waals surface area (Å²) in [6, 6.07) is 0. The highest BCUT2D eigenvalue weighted by molar-refractivity contribution is 5.38. The zero-order valence-corrected chi connectivity index (χ0v) is 9.81. The first-order chi connectivity index (χ1) is 7.70. The van der Waals surface area contributed by atoms with Crippen molar-refractivity contribution in [1.29, 1.82) is 0 Å². The Morgan fingerprint density at radius 1 is 1.50 bits per heavy atom. The molecule has 1 atom stereocenters. The topological polar surface area (TPSA) is 64.3 Å². The number of ether oxygens (including phenoxy) is 1. The second-order valence-electron chi connectivity index (χ2n) is 4.07. The Morgan fingerprint density at radius 2 is 2.31 bits per heavy atom. The summed E-state index contributed by atoms with van der Waals surface area (Å²) in [5.74, 6) is 0.921. The Morgan fingerprint density at radius 3 is 3.00 bits per heavy atom. The number of hydrogen-bond donors (Lipinski definition) is 1. The second-order valence-corrected chi connectivity index (χ2v) is 4.07. The molecule has 16 heavy (non-hydrogen) atoms. The number of aryl methyl sites for hydroxylation is 2. The summed E-state index contributed by atoms with van der Waals surface area (Å²) in [5.41, 5.74) is 7.57. The van der Waals surface area contributed by atoms with Crippen molar-refractivity contribution in [2.45, 2.75) is 20.0 Å². The van der Waals surface area contributed by atoms with E-state index in [1.165, 1.54) is 0 Å². The van der Waals surface area contributed by atoms with Gasteiger partial charge in [0.05, 0.1) is 30.3 Å². The molecular formula is C11H18N4O. The normalized spacial score (nSPS) is 21.2. The number of anilines is 1. The number of morpholine rings is 1. The smallest absolute Gasteiger partial charge is 0.147 e. The van der Waals surface area contributed by atoms with Crippen molar-refractivity contribution in [3.05, 3.63) is 17.6 Å². The van der Waals surface area contributed by atoms with Crippen LogP contribution in [0, 0.1) is 13.8 Å². The molecule has 0 saturated carbocycles. The van der Waals surface area contributed by atoms with Crippen LogP contribution in [0.3, 0.4) is 0 Å². The van der Waals surface area contributed by atoms with Gasteiger partial charge in [0.2, 0.25) is 0 Å². The fourth-order valence-corrected chi connectivity index (χ4v) is 1.75. The molecular weight excluding hydrogens is 204 g/mol. The fraction of sp³-hybridized carbons (Fsp3) is 0.636. The van der Waals surface area contributed by atoms with Crippen LogP contribution in [-0.4, -0.2) is 42.3 Å². The van der Waals surface area contributed by atoms with Crippen molar-refractivity contribution >= 4 is 5.82 Å². The Labute approximate surface area is 95.6 Å². The van der Waals surface area contributed by atoms with E-state index >= 15 is 0 Å². The highest BCUT2D eigenvalue weighted by Crippen LogP contribution is 2.15. The van der Waals surface area contributed by atoms with Crippen molar-refractivity contribution in [2.75, 3.05) is 31.1 Å². The maximum Gasteiger partial charge on any atom is 0.147 e. The molecule has 2 N–H and O–H groups in total. The lowest BCUT2D eigenvalue weighted by Gasteiger charge is -2.33. The van der Waals surface area contributed by atoms with Crippen LogP contribution in [0.25, 0.3) is 0 Å². The van der Waals surface area contributed by atoms with E-state index in [1.54, 1.807) is 0 Å². The predicted molar refractivity (Wildman–Crippen MR) is 62.5 cm³/mol. The van der Waals surface area contributed by atoms with E-state index in [2.05, 4.69) is 14.9 Å². The van der Waals surface area contributed by atoms with E-state index in [0.717, 1.165) is 30.3 Å². The van der Waals surface area contributed by atoms with E-state index < -0.39 is 0 Å². The molecule has 5 heteroatoms. The third-order valence-corrected chi connectivity index (χ3v) is 2.91. The first kappa shape index (κ1) is 11.3. The number of rotatable bonds is 2. The third-order valence-electron chi connectivity index (χ3n) is 2.91. The molecule has 0 aromatic carbocycles. The van der Waals surface area contributed by atoms with E-state index in [1.807, 2.05) is 20.0 Å². The summed E-state index contributed by atoms with van der Waals surface area (Å²) in [5, 5.41) is 0. The maximum atomic E-state index is 5.61. The summed E-state index contributed by atoms with van der Waals surface area (Å²) in [4.78, 5) is 11.0. The Hall–Kier alpha value is -1.20. The van der Waals surface area contributed by atoms with Crippen LogP contribution in [-0.2, 0) is 4.74 Å². The Bertz CT molecular complexity index is 369. The lowest BCUT2D eigenvalue weighted by Crippen LogP contribution is -2.46. The molecule has 0 bridgehead atoms. The zero-order valence-electron chi connectivity index (χ0n) is 9.81. The van der Waals surface area contributed by atoms with Crippen LogP contribution < -0.4 is 10.6 Å². The number of nitrogens with zero attached hydrogens (tertiary/aromatic N) is 3. The molecule has 1 aromatic rings. The molecule has 0 aliphatic carbocycles. The van der Waals surface area contributed by atoms with Gasteiger partial charge in [-0.1, -0.05) is 0 Å². The van der Waals surface area contributed by atoms with Crippen LogP contribution in [0.2, 0.25) is 0 Å². The maximum absolute atomic E-state index is 5.61. The molecule has 0 radical (unpaired) electrons. The molecule has 0 spiro atoms. The van der Waals surface area contributed by atoms with E-state index in [4.69, 9.17) is 10.5 Å². The highest BCUT2D eigenvalue weighted by Gasteiger charge is 2.20. The van der Waals surface area contributed by atoms with Gasteiger partial charge in [0.1, 0.15) is 5.82 Å². The predicted octanol–water partition coefficient (Wildman–Crippen LogP) is 0.257. The summed E-state index contributed by atoms with van der Waals surface area (Å²) in [6.45, 7) is 6.85. The minimum absolute atomic E-state index is 0.108. The van der Waals surface area contributed by atoms with Crippen molar-refractivity contribution < 1.29 is 4.74 Å². The van der Waals surface area contributed by atoms with E-state index in [0.29, 0.717) is 13.2 Å². The number of aromatic nitrogens is 2. The first-order valence-corrected chi connectivity index (χ1v) is 5.57. The van der Waals surface area contributed by atoms with Crippen LogP contribution in [0.4, 0.5) is 5.82 Å². The third kappa shape index (κ3) is 2.31. The van der Waals surface area contributed by atoms with Gasteiger partial charge in [-0.05, 0) is 13.8 Å². The average Bonchev–Trinajstić information content (AvgIpc) is 2.33. The van der Waals surface area contributed by atoms with Crippen LogP contribution >= 0.6 is 0 Å². The number of nitrogens with two attached hydrogens (primary N) is 1.